The van der Waals surface area contributed by atoms with Gasteiger partial charge in [0.1, 0.15) is 0 Å². The zero-order valence-electron chi connectivity index (χ0n) is 7.55. The van der Waals surface area contributed by atoms with Crippen molar-refractivity contribution >= 4 is 5.91 Å². The van der Waals surface area contributed by atoms with Gasteiger partial charge in [-0.1, -0.05) is 6.92 Å². The molecule has 0 atom stereocenters. The van der Waals surface area contributed by atoms with E-state index in [0.717, 1.165) is 25.7 Å². The lowest BCUT2D eigenvalue weighted by atomic mass is 9.93. The van der Waals surface area contributed by atoms with E-state index in [9.17, 15) is 9.90 Å². The van der Waals surface area contributed by atoms with Gasteiger partial charge < -0.3 is 10.4 Å². The molecule has 1 aliphatic carbocycles. The average Bonchev–Trinajstić information content (AvgIpc) is 2.09. The number of carbonyl (C=O) groups excluding carboxylic acids is 1. The highest BCUT2D eigenvalue weighted by molar-refractivity contribution is 5.75. The van der Waals surface area contributed by atoms with E-state index in [4.69, 9.17) is 0 Å². The molecule has 0 aromatic carbocycles. The minimum absolute atomic E-state index is 0.122. The van der Waals surface area contributed by atoms with Crippen LogP contribution < -0.4 is 5.32 Å². The molecule has 1 amide bonds. The topological polar surface area (TPSA) is 49.3 Å². The third-order valence-electron chi connectivity index (χ3n) is 2.38. The van der Waals surface area contributed by atoms with Gasteiger partial charge in [0.15, 0.2) is 0 Å². The Morgan fingerprint density at radius 3 is 2.50 bits per heavy atom. The quantitative estimate of drug-likeness (QED) is 0.646. The Hall–Kier alpha value is -0.570. The third kappa shape index (κ3) is 2.81. The van der Waals surface area contributed by atoms with E-state index in [-0.39, 0.29) is 12.0 Å². The van der Waals surface area contributed by atoms with Crippen LogP contribution in [0.25, 0.3) is 0 Å². The molecule has 2 N–H and O–H groups in total. The minimum Gasteiger partial charge on any atom is -0.393 e. The van der Waals surface area contributed by atoms with Crippen molar-refractivity contribution in [2.45, 2.75) is 51.2 Å². The molecule has 0 spiro atoms. The van der Waals surface area contributed by atoms with Gasteiger partial charge in [0.25, 0.3) is 0 Å². The summed E-state index contributed by atoms with van der Waals surface area (Å²) in [4.78, 5) is 11.0. The maximum Gasteiger partial charge on any atom is 0.219 e. The molecule has 0 radical (unpaired) electrons. The number of nitrogens with one attached hydrogen (secondary N) is 1. The summed E-state index contributed by atoms with van der Waals surface area (Å²) in [5.41, 5.74) is 0. The second-order valence-corrected chi connectivity index (χ2v) is 3.43. The first-order chi connectivity index (χ1) is 5.72. The van der Waals surface area contributed by atoms with E-state index in [1.165, 1.54) is 0 Å². The monoisotopic (exact) mass is 171 g/mol. The lowest BCUT2D eigenvalue weighted by Gasteiger charge is -2.25. The summed E-state index contributed by atoms with van der Waals surface area (Å²) < 4.78 is 0. The second-order valence-electron chi connectivity index (χ2n) is 3.43. The molecule has 0 unspecified atom stereocenters. The Labute approximate surface area is 73.2 Å². The molecule has 70 valence electrons. The van der Waals surface area contributed by atoms with E-state index in [0.29, 0.717) is 12.5 Å². The van der Waals surface area contributed by atoms with Crippen molar-refractivity contribution in [1.29, 1.82) is 0 Å². The first-order valence-electron chi connectivity index (χ1n) is 4.69. The van der Waals surface area contributed by atoms with Crippen LogP contribution in [-0.4, -0.2) is 23.2 Å². The number of aliphatic hydroxyl groups is 1. The van der Waals surface area contributed by atoms with Gasteiger partial charge >= 0.3 is 0 Å². The highest BCUT2D eigenvalue weighted by atomic mass is 16.3. The number of aliphatic hydroxyl groups excluding tert-OH is 1. The maximum atomic E-state index is 11.0. The minimum atomic E-state index is -0.139. The van der Waals surface area contributed by atoms with E-state index < -0.39 is 0 Å². The van der Waals surface area contributed by atoms with Crippen LogP contribution in [-0.2, 0) is 4.79 Å². The molecule has 0 aromatic rings. The molecule has 1 saturated carbocycles. The van der Waals surface area contributed by atoms with Crippen LogP contribution in [0.1, 0.15) is 39.0 Å². The van der Waals surface area contributed by atoms with Crippen LogP contribution in [0.5, 0.6) is 0 Å². The van der Waals surface area contributed by atoms with Gasteiger partial charge in [0, 0.05) is 12.5 Å². The lowest BCUT2D eigenvalue weighted by Crippen LogP contribution is -2.38. The summed E-state index contributed by atoms with van der Waals surface area (Å²) in [6.45, 7) is 1.85. The standard InChI is InChI=1S/C9H17NO2/c1-2-9(12)10-7-3-5-8(11)6-4-7/h7-8,11H,2-6H2,1H3,(H,10,12). The van der Waals surface area contributed by atoms with E-state index in [1.54, 1.807) is 0 Å². The predicted molar refractivity (Wildman–Crippen MR) is 46.7 cm³/mol. The fraction of sp³-hybridized carbons (Fsp3) is 0.889. The molecular weight excluding hydrogens is 154 g/mol. The first-order valence-corrected chi connectivity index (χ1v) is 4.69. The Bertz CT molecular complexity index is 151. The normalized spacial score (nSPS) is 29.8. The summed E-state index contributed by atoms with van der Waals surface area (Å²) in [7, 11) is 0. The van der Waals surface area contributed by atoms with Crippen LogP contribution in [0.4, 0.5) is 0 Å². The van der Waals surface area contributed by atoms with Crippen LogP contribution in [0.15, 0.2) is 0 Å². The van der Waals surface area contributed by atoms with Gasteiger partial charge in [-0.05, 0) is 25.7 Å². The second kappa shape index (κ2) is 4.45. The third-order valence-corrected chi connectivity index (χ3v) is 2.38. The molecule has 3 heteroatoms. The van der Waals surface area contributed by atoms with Gasteiger partial charge in [0.2, 0.25) is 5.91 Å². The van der Waals surface area contributed by atoms with Gasteiger partial charge in [-0.15, -0.1) is 0 Å². The number of rotatable bonds is 2. The van der Waals surface area contributed by atoms with Gasteiger partial charge in [-0.3, -0.25) is 4.79 Å². The highest BCUT2D eigenvalue weighted by Crippen LogP contribution is 2.18. The molecule has 0 saturated heterocycles. The molecule has 1 aliphatic rings. The molecule has 0 bridgehead atoms. The van der Waals surface area contributed by atoms with Gasteiger partial charge in [-0.25, -0.2) is 0 Å². The zero-order valence-corrected chi connectivity index (χ0v) is 7.55. The van der Waals surface area contributed by atoms with E-state index >= 15 is 0 Å². The maximum absolute atomic E-state index is 11.0. The highest BCUT2D eigenvalue weighted by Gasteiger charge is 2.19. The zero-order chi connectivity index (χ0) is 8.97. The fourth-order valence-corrected chi connectivity index (χ4v) is 1.55. The molecule has 1 fully saturated rings. The molecule has 12 heavy (non-hydrogen) atoms. The number of hydrogen-bond acceptors (Lipinski definition) is 2. The number of amides is 1. The lowest BCUT2D eigenvalue weighted by molar-refractivity contribution is -0.121. The molecule has 1 rings (SSSR count). The van der Waals surface area contributed by atoms with Crippen LogP contribution in [0, 0.1) is 0 Å². The summed E-state index contributed by atoms with van der Waals surface area (Å²) in [5.74, 6) is 0.122. The Balaban J connectivity index is 2.21. The van der Waals surface area contributed by atoms with E-state index in [2.05, 4.69) is 5.32 Å². The summed E-state index contributed by atoms with van der Waals surface area (Å²) >= 11 is 0. The molecular formula is C9H17NO2. The van der Waals surface area contributed by atoms with Crippen molar-refractivity contribution in [1.82, 2.24) is 5.32 Å². The Morgan fingerprint density at radius 1 is 1.42 bits per heavy atom. The molecule has 3 nitrogen and oxygen atoms in total. The summed E-state index contributed by atoms with van der Waals surface area (Å²) in [6, 6.07) is 0.306. The largest absolute Gasteiger partial charge is 0.393 e. The first kappa shape index (κ1) is 9.52. The van der Waals surface area contributed by atoms with Crippen molar-refractivity contribution in [2.75, 3.05) is 0 Å². The van der Waals surface area contributed by atoms with Crippen molar-refractivity contribution in [2.24, 2.45) is 0 Å². The molecule has 0 aromatic heterocycles. The van der Waals surface area contributed by atoms with Crippen LogP contribution in [0.3, 0.4) is 0 Å². The Morgan fingerprint density at radius 2 is 2.00 bits per heavy atom. The fourth-order valence-electron chi connectivity index (χ4n) is 1.55. The number of hydrogen-bond donors (Lipinski definition) is 2. The summed E-state index contributed by atoms with van der Waals surface area (Å²) in [6.07, 6.45) is 3.92. The molecule has 0 heterocycles. The van der Waals surface area contributed by atoms with Crippen LogP contribution >= 0.6 is 0 Å². The number of carbonyl (C=O) groups is 1. The van der Waals surface area contributed by atoms with Crippen LogP contribution in [0.2, 0.25) is 0 Å². The van der Waals surface area contributed by atoms with Crippen molar-refractivity contribution in [3.05, 3.63) is 0 Å². The van der Waals surface area contributed by atoms with Gasteiger partial charge in [0.05, 0.1) is 6.10 Å². The van der Waals surface area contributed by atoms with Crippen molar-refractivity contribution in [3.8, 4) is 0 Å². The van der Waals surface area contributed by atoms with Gasteiger partial charge in [-0.2, -0.15) is 0 Å². The van der Waals surface area contributed by atoms with Crippen molar-refractivity contribution < 1.29 is 9.90 Å². The van der Waals surface area contributed by atoms with E-state index in [1.807, 2.05) is 6.92 Å². The Kier molecular flexibility index (Phi) is 3.53. The van der Waals surface area contributed by atoms with Crippen molar-refractivity contribution in [3.63, 3.8) is 0 Å². The summed E-state index contributed by atoms with van der Waals surface area (Å²) in [5, 5.41) is 12.1. The predicted octanol–water partition coefficient (Wildman–Crippen LogP) is 0.816. The molecule has 0 aliphatic heterocycles. The SMILES string of the molecule is CCC(=O)NC1CCC(O)CC1. The smallest absolute Gasteiger partial charge is 0.219 e. The average molecular weight is 171 g/mol.